The Bertz CT molecular complexity index is 627. The molecule has 0 aliphatic carbocycles. The van der Waals surface area contributed by atoms with Gasteiger partial charge in [0.05, 0.1) is 0 Å². The average Bonchev–Trinajstić information content (AvgIpc) is 2.87. The number of thiazole rings is 1. The molecule has 0 radical (unpaired) electrons. The van der Waals surface area contributed by atoms with Crippen LogP contribution < -0.4 is 14.8 Å². The number of halogens is 3. The van der Waals surface area contributed by atoms with E-state index in [-0.39, 0.29) is 5.13 Å². The predicted molar refractivity (Wildman–Crippen MR) is 67.8 cm³/mol. The molecule has 0 bridgehead atoms. The van der Waals surface area contributed by atoms with Gasteiger partial charge in [0.15, 0.2) is 22.3 Å². The van der Waals surface area contributed by atoms with Crippen molar-refractivity contribution in [3.63, 3.8) is 0 Å². The molecule has 0 amide bonds. The number of fused-ring (bicyclic) bond motifs is 1. The van der Waals surface area contributed by atoms with E-state index in [0.29, 0.717) is 30.4 Å². The van der Waals surface area contributed by atoms with Gasteiger partial charge in [-0.15, -0.1) is 11.3 Å². The number of nitrogens with one attached hydrogen (secondary N) is 1. The molecule has 4 nitrogen and oxygen atoms in total. The third-order valence-electron chi connectivity index (χ3n) is 2.59. The fourth-order valence-corrected chi connectivity index (χ4v) is 2.44. The fourth-order valence-electron chi connectivity index (χ4n) is 1.71. The largest absolute Gasteiger partial charge is 0.486 e. The molecule has 2 heterocycles. The SMILES string of the molecule is FC(F)(F)c1csc(Nc2ccc3c(c2)OCCO3)n1. The van der Waals surface area contributed by atoms with Crippen LogP contribution in [0.3, 0.4) is 0 Å². The summed E-state index contributed by atoms with van der Waals surface area (Å²) < 4.78 is 48.1. The van der Waals surface area contributed by atoms with Crippen LogP contribution in [0, 0.1) is 0 Å². The Kier molecular flexibility index (Phi) is 3.17. The molecule has 0 saturated carbocycles. The Labute approximate surface area is 116 Å². The second kappa shape index (κ2) is 4.86. The lowest BCUT2D eigenvalue weighted by Gasteiger charge is -2.18. The van der Waals surface area contributed by atoms with Crippen molar-refractivity contribution in [2.75, 3.05) is 18.5 Å². The highest BCUT2D eigenvalue weighted by Gasteiger charge is 2.33. The third kappa shape index (κ3) is 2.64. The lowest BCUT2D eigenvalue weighted by atomic mass is 10.2. The van der Waals surface area contributed by atoms with Crippen LogP contribution in [-0.4, -0.2) is 18.2 Å². The van der Waals surface area contributed by atoms with Crippen LogP contribution >= 0.6 is 11.3 Å². The van der Waals surface area contributed by atoms with E-state index in [4.69, 9.17) is 9.47 Å². The van der Waals surface area contributed by atoms with Gasteiger partial charge in [0, 0.05) is 17.1 Å². The summed E-state index contributed by atoms with van der Waals surface area (Å²) in [6.07, 6.45) is -4.43. The molecule has 0 unspecified atom stereocenters. The van der Waals surface area contributed by atoms with E-state index >= 15 is 0 Å². The number of nitrogens with zero attached hydrogens (tertiary/aromatic N) is 1. The first-order chi connectivity index (χ1) is 9.52. The molecule has 8 heteroatoms. The maximum atomic E-state index is 12.4. The fraction of sp³-hybridized carbons (Fsp3) is 0.250. The molecule has 1 aliphatic rings. The lowest BCUT2D eigenvalue weighted by Crippen LogP contribution is -2.15. The molecule has 106 valence electrons. The van der Waals surface area contributed by atoms with Crippen molar-refractivity contribution in [2.45, 2.75) is 6.18 Å². The van der Waals surface area contributed by atoms with E-state index in [9.17, 15) is 13.2 Å². The van der Waals surface area contributed by atoms with Gasteiger partial charge >= 0.3 is 6.18 Å². The Hall–Kier alpha value is -1.96. The molecule has 0 saturated heterocycles. The van der Waals surface area contributed by atoms with Crippen LogP contribution in [-0.2, 0) is 6.18 Å². The molecule has 1 N–H and O–H groups in total. The van der Waals surface area contributed by atoms with Gasteiger partial charge in [-0.3, -0.25) is 0 Å². The Morgan fingerprint density at radius 2 is 1.90 bits per heavy atom. The van der Waals surface area contributed by atoms with Gasteiger partial charge in [0.1, 0.15) is 13.2 Å². The number of hydrogen-bond donors (Lipinski definition) is 1. The Morgan fingerprint density at radius 3 is 2.60 bits per heavy atom. The maximum Gasteiger partial charge on any atom is 0.434 e. The first kappa shape index (κ1) is 13.0. The molecule has 1 aromatic carbocycles. The summed E-state index contributed by atoms with van der Waals surface area (Å²) in [5.41, 5.74) is -0.306. The highest BCUT2D eigenvalue weighted by molar-refractivity contribution is 7.13. The first-order valence-electron chi connectivity index (χ1n) is 5.72. The van der Waals surface area contributed by atoms with Crippen LogP contribution in [0.2, 0.25) is 0 Å². The number of alkyl halides is 3. The average molecular weight is 302 g/mol. The Morgan fingerprint density at radius 1 is 1.15 bits per heavy atom. The van der Waals surface area contributed by atoms with Crippen LogP contribution in [0.4, 0.5) is 24.0 Å². The third-order valence-corrected chi connectivity index (χ3v) is 3.35. The minimum Gasteiger partial charge on any atom is -0.486 e. The summed E-state index contributed by atoms with van der Waals surface area (Å²) in [7, 11) is 0. The summed E-state index contributed by atoms with van der Waals surface area (Å²) in [6, 6.07) is 5.07. The van der Waals surface area contributed by atoms with Crippen molar-refractivity contribution >= 4 is 22.2 Å². The van der Waals surface area contributed by atoms with E-state index in [0.717, 1.165) is 16.7 Å². The highest BCUT2D eigenvalue weighted by atomic mass is 32.1. The summed E-state index contributed by atoms with van der Waals surface area (Å²) in [4.78, 5) is 3.50. The molecular formula is C12H9F3N2O2S. The molecule has 0 fully saturated rings. The van der Waals surface area contributed by atoms with Gasteiger partial charge in [-0.1, -0.05) is 0 Å². The zero-order valence-corrected chi connectivity index (χ0v) is 10.8. The summed E-state index contributed by atoms with van der Waals surface area (Å²) in [6.45, 7) is 0.938. The molecule has 1 aliphatic heterocycles. The quantitative estimate of drug-likeness (QED) is 0.919. The van der Waals surface area contributed by atoms with Crippen LogP contribution in [0.25, 0.3) is 0 Å². The molecule has 3 rings (SSSR count). The normalized spacial score (nSPS) is 14.2. The van der Waals surface area contributed by atoms with Gasteiger partial charge in [0.25, 0.3) is 0 Å². The number of benzene rings is 1. The second-order valence-electron chi connectivity index (χ2n) is 4.02. The predicted octanol–water partition coefficient (Wildman–Crippen LogP) is 3.68. The van der Waals surface area contributed by atoms with Gasteiger partial charge in [0.2, 0.25) is 0 Å². The van der Waals surface area contributed by atoms with Crippen LogP contribution in [0.1, 0.15) is 5.69 Å². The molecular weight excluding hydrogens is 293 g/mol. The molecule has 1 aromatic heterocycles. The van der Waals surface area contributed by atoms with E-state index in [1.165, 1.54) is 0 Å². The smallest absolute Gasteiger partial charge is 0.434 e. The topological polar surface area (TPSA) is 43.4 Å². The molecule has 2 aromatic rings. The molecule has 0 spiro atoms. The zero-order chi connectivity index (χ0) is 14.2. The van der Waals surface area contributed by atoms with Gasteiger partial charge in [-0.25, -0.2) is 4.98 Å². The minimum absolute atomic E-state index is 0.175. The van der Waals surface area contributed by atoms with Crippen molar-refractivity contribution in [3.8, 4) is 11.5 Å². The number of anilines is 2. The van der Waals surface area contributed by atoms with E-state index in [1.807, 2.05) is 0 Å². The van der Waals surface area contributed by atoms with Gasteiger partial charge in [-0.2, -0.15) is 13.2 Å². The minimum atomic E-state index is -4.43. The monoisotopic (exact) mass is 302 g/mol. The van der Waals surface area contributed by atoms with Gasteiger partial charge < -0.3 is 14.8 Å². The van der Waals surface area contributed by atoms with E-state index in [1.54, 1.807) is 18.2 Å². The van der Waals surface area contributed by atoms with Crippen molar-refractivity contribution in [1.29, 1.82) is 0 Å². The zero-order valence-electron chi connectivity index (χ0n) is 10.0. The van der Waals surface area contributed by atoms with Crippen LogP contribution in [0.15, 0.2) is 23.6 Å². The van der Waals surface area contributed by atoms with Crippen LogP contribution in [0.5, 0.6) is 11.5 Å². The van der Waals surface area contributed by atoms with Crippen molar-refractivity contribution in [1.82, 2.24) is 4.98 Å². The first-order valence-corrected chi connectivity index (χ1v) is 6.60. The number of ether oxygens (including phenoxy) is 2. The Balaban J connectivity index is 1.79. The number of rotatable bonds is 2. The summed E-state index contributed by atoms with van der Waals surface area (Å²) in [5, 5.41) is 3.97. The van der Waals surface area contributed by atoms with Crippen molar-refractivity contribution < 1.29 is 22.6 Å². The van der Waals surface area contributed by atoms with Gasteiger partial charge in [-0.05, 0) is 12.1 Å². The maximum absolute atomic E-state index is 12.4. The van der Waals surface area contributed by atoms with Crippen molar-refractivity contribution in [3.05, 3.63) is 29.3 Å². The van der Waals surface area contributed by atoms with E-state index in [2.05, 4.69) is 10.3 Å². The standard InChI is InChI=1S/C12H9F3N2O2S/c13-12(14,15)10-6-20-11(17-10)16-7-1-2-8-9(5-7)19-4-3-18-8/h1-2,5-6H,3-4H2,(H,16,17). The second-order valence-corrected chi connectivity index (χ2v) is 4.88. The van der Waals surface area contributed by atoms with E-state index < -0.39 is 11.9 Å². The van der Waals surface area contributed by atoms with Crippen molar-refractivity contribution in [2.24, 2.45) is 0 Å². The summed E-state index contributed by atoms with van der Waals surface area (Å²) >= 11 is 0.894. The molecule has 20 heavy (non-hydrogen) atoms. The summed E-state index contributed by atoms with van der Waals surface area (Å²) in [5.74, 6) is 1.19. The number of aromatic nitrogens is 1. The number of hydrogen-bond acceptors (Lipinski definition) is 5. The molecule has 0 atom stereocenters. The highest BCUT2D eigenvalue weighted by Crippen LogP contribution is 2.35. The lowest BCUT2D eigenvalue weighted by molar-refractivity contribution is -0.140.